The summed E-state index contributed by atoms with van der Waals surface area (Å²) in [7, 11) is 0. The lowest BCUT2D eigenvalue weighted by Crippen LogP contribution is -2.33. The van der Waals surface area contributed by atoms with Crippen molar-refractivity contribution in [3.8, 4) is 0 Å². The molecular formula is C12H14FNO3. The minimum atomic E-state index is -0.410. The number of hydrogen-bond acceptors (Lipinski definition) is 3. The maximum Gasteiger partial charge on any atom is 0.410 e. The maximum absolute atomic E-state index is 13.0. The summed E-state index contributed by atoms with van der Waals surface area (Å²) >= 11 is 0. The lowest BCUT2D eigenvalue weighted by molar-refractivity contribution is 0.155. The van der Waals surface area contributed by atoms with E-state index in [1.54, 1.807) is 12.1 Å². The predicted molar refractivity (Wildman–Crippen MR) is 58.8 cm³/mol. The summed E-state index contributed by atoms with van der Waals surface area (Å²) in [6, 6.07) is 5.98. The van der Waals surface area contributed by atoms with Crippen molar-refractivity contribution in [2.75, 3.05) is 13.2 Å². The zero-order valence-corrected chi connectivity index (χ0v) is 9.30. The Kier molecular flexibility index (Phi) is 3.58. The molecule has 1 saturated heterocycles. The van der Waals surface area contributed by atoms with Gasteiger partial charge in [-0.05, 0) is 24.1 Å². The molecule has 0 bridgehead atoms. The third-order valence-electron chi connectivity index (χ3n) is 2.78. The number of ether oxygens (including phenoxy) is 1. The van der Waals surface area contributed by atoms with Gasteiger partial charge < -0.3 is 9.84 Å². The van der Waals surface area contributed by atoms with E-state index in [0.717, 1.165) is 0 Å². The number of aliphatic hydroxyl groups is 1. The largest absolute Gasteiger partial charge is 0.447 e. The Morgan fingerprint density at radius 1 is 1.53 bits per heavy atom. The fourth-order valence-corrected chi connectivity index (χ4v) is 1.90. The number of halogens is 1. The smallest absolute Gasteiger partial charge is 0.410 e. The van der Waals surface area contributed by atoms with Gasteiger partial charge in [-0.3, -0.25) is 4.90 Å². The SMILES string of the molecule is O=C1OCC(CCO)N1Cc1cccc(F)c1. The number of amides is 1. The Labute approximate surface area is 98.6 Å². The van der Waals surface area contributed by atoms with Crippen LogP contribution in [0.25, 0.3) is 0 Å². The first-order valence-electron chi connectivity index (χ1n) is 5.49. The molecule has 17 heavy (non-hydrogen) atoms. The molecule has 0 saturated carbocycles. The third-order valence-corrected chi connectivity index (χ3v) is 2.78. The highest BCUT2D eigenvalue weighted by molar-refractivity contribution is 5.70. The van der Waals surface area contributed by atoms with Gasteiger partial charge in [0.15, 0.2) is 0 Å². The number of cyclic esters (lactones) is 1. The molecule has 1 unspecified atom stereocenters. The van der Waals surface area contributed by atoms with E-state index < -0.39 is 6.09 Å². The molecule has 1 aliphatic heterocycles. The molecule has 0 aromatic heterocycles. The van der Waals surface area contributed by atoms with Crippen LogP contribution in [0.3, 0.4) is 0 Å². The molecule has 1 fully saturated rings. The summed E-state index contributed by atoms with van der Waals surface area (Å²) in [5.41, 5.74) is 0.715. The second-order valence-electron chi connectivity index (χ2n) is 4.00. The van der Waals surface area contributed by atoms with Gasteiger partial charge in [0.2, 0.25) is 0 Å². The van der Waals surface area contributed by atoms with Gasteiger partial charge in [0, 0.05) is 13.2 Å². The Morgan fingerprint density at radius 2 is 2.35 bits per heavy atom. The molecule has 1 N–H and O–H groups in total. The summed E-state index contributed by atoms with van der Waals surface area (Å²) in [6.45, 7) is 0.594. The number of rotatable bonds is 4. The van der Waals surface area contributed by atoms with Crippen molar-refractivity contribution < 1.29 is 19.0 Å². The van der Waals surface area contributed by atoms with E-state index in [9.17, 15) is 9.18 Å². The van der Waals surface area contributed by atoms with Crippen LogP contribution < -0.4 is 0 Å². The molecule has 1 amide bonds. The molecule has 1 aromatic rings. The van der Waals surface area contributed by atoms with Crippen LogP contribution >= 0.6 is 0 Å². The van der Waals surface area contributed by atoms with E-state index in [2.05, 4.69) is 0 Å². The standard InChI is InChI=1S/C12H14FNO3/c13-10-3-1-2-9(6-10)7-14-11(4-5-15)8-17-12(14)16/h1-3,6,11,15H,4-5,7-8H2. The van der Waals surface area contributed by atoms with E-state index in [0.29, 0.717) is 18.5 Å². The Morgan fingerprint density at radius 3 is 3.06 bits per heavy atom. The van der Waals surface area contributed by atoms with Crippen LogP contribution in [-0.2, 0) is 11.3 Å². The highest BCUT2D eigenvalue weighted by Gasteiger charge is 2.32. The summed E-state index contributed by atoms with van der Waals surface area (Å²) in [4.78, 5) is 13.0. The number of benzene rings is 1. The molecule has 1 aliphatic rings. The lowest BCUT2D eigenvalue weighted by Gasteiger charge is -2.20. The van der Waals surface area contributed by atoms with Crippen molar-refractivity contribution in [1.29, 1.82) is 0 Å². The van der Waals surface area contributed by atoms with Crippen LogP contribution in [0.1, 0.15) is 12.0 Å². The zero-order chi connectivity index (χ0) is 12.3. The monoisotopic (exact) mass is 239 g/mol. The molecule has 1 heterocycles. The molecule has 4 nitrogen and oxygen atoms in total. The first kappa shape index (κ1) is 11.9. The molecule has 2 rings (SSSR count). The number of nitrogens with zero attached hydrogens (tertiary/aromatic N) is 1. The Balaban J connectivity index is 2.08. The highest BCUT2D eigenvalue weighted by Crippen LogP contribution is 2.19. The van der Waals surface area contributed by atoms with Gasteiger partial charge in [-0.15, -0.1) is 0 Å². The van der Waals surface area contributed by atoms with E-state index in [1.807, 2.05) is 0 Å². The van der Waals surface area contributed by atoms with Crippen molar-refractivity contribution in [2.24, 2.45) is 0 Å². The average molecular weight is 239 g/mol. The van der Waals surface area contributed by atoms with Crippen molar-refractivity contribution >= 4 is 6.09 Å². The molecule has 1 atom stereocenters. The average Bonchev–Trinajstić information content (AvgIpc) is 2.62. The molecule has 0 spiro atoms. The van der Waals surface area contributed by atoms with Crippen molar-refractivity contribution in [3.05, 3.63) is 35.6 Å². The molecule has 5 heteroatoms. The molecule has 0 aliphatic carbocycles. The van der Waals surface area contributed by atoms with Gasteiger partial charge in [-0.1, -0.05) is 12.1 Å². The molecule has 92 valence electrons. The quantitative estimate of drug-likeness (QED) is 0.866. The molecular weight excluding hydrogens is 225 g/mol. The normalized spacial score (nSPS) is 19.5. The number of carbonyl (C=O) groups excluding carboxylic acids is 1. The van der Waals surface area contributed by atoms with Crippen LogP contribution in [0, 0.1) is 5.82 Å². The number of carbonyl (C=O) groups is 1. The lowest BCUT2D eigenvalue weighted by atomic mass is 10.1. The number of hydrogen-bond donors (Lipinski definition) is 1. The van der Waals surface area contributed by atoms with Gasteiger partial charge in [0.25, 0.3) is 0 Å². The maximum atomic E-state index is 13.0. The van der Waals surface area contributed by atoms with Crippen molar-refractivity contribution in [3.63, 3.8) is 0 Å². The highest BCUT2D eigenvalue weighted by atomic mass is 19.1. The van der Waals surface area contributed by atoms with Gasteiger partial charge in [-0.2, -0.15) is 0 Å². The van der Waals surface area contributed by atoms with Gasteiger partial charge in [0.05, 0.1) is 6.04 Å². The third kappa shape index (κ3) is 2.74. The van der Waals surface area contributed by atoms with Crippen LogP contribution in [-0.4, -0.2) is 35.4 Å². The minimum absolute atomic E-state index is 0.000950. The molecule has 1 aromatic carbocycles. The summed E-state index contributed by atoms with van der Waals surface area (Å²) in [6.07, 6.45) is 0.0637. The van der Waals surface area contributed by atoms with Gasteiger partial charge >= 0.3 is 6.09 Å². The van der Waals surface area contributed by atoms with E-state index >= 15 is 0 Å². The summed E-state index contributed by atoms with van der Waals surface area (Å²) < 4.78 is 17.9. The summed E-state index contributed by atoms with van der Waals surface area (Å²) in [5, 5.41) is 8.89. The van der Waals surface area contributed by atoms with Gasteiger partial charge in [-0.25, -0.2) is 9.18 Å². The van der Waals surface area contributed by atoms with E-state index in [1.165, 1.54) is 17.0 Å². The van der Waals surface area contributed by atoms with Crippen molar-refractivity contribution in [1.82, 2.24) is 4.90 Å². The minimum Gasteiger partial charge on any atom is -0.447 e. The van der Waals surface area contributed by atoms with Gasteiger partial charge in [0.1, 0.15) is 12.4 Å². The second-order valence-corrected chi connectivity index (χ2v) is 4.00. The first-order chi connectivity index (χ1) is 8.20. The zero-order valence-electron chi connectivity index (χ0n) is 9.30. The van der Waals surface area contributed by atoms with Crippen molar-refractivity contribution in [2.45, 2.75) is 19.0 Å². The van der Waals surface area contributed by atoms with E-state index in [4.69, 9.17) is 9.84 Å². The van der Waals surface area contributed by atoms with Crippen LogP contribution in [0.15, 0.2) is 24.3 Å². The Bertz CT molecular complexity index is 410. The van der Waals surface area contributed by atoms with Crippen LogP contribution in [0.5, 0.6) is 0 Å². The van der Waals surface area contributed by atoms with Crippen LogP contribution in [0.4, 0.5) is 9.18 Å². The van der Waals surface area contributed by atoms with Crippen LogP contribution in [0.2, 0.25) is 0 Å². The number of aliphatic hydroxyl groups excluding tert-OH is 1. The topological polar surface area (TPSA) is 49.8 Å². The molecule has 0 radical (unpaired) electrons. The first-order valence-corrected chi connectivity index (χ1v) is 5.49. The fraction of sp³-hybridized carbons (Fsp3) is 0.417. The Hall–Kier alpha value is -1.62. The van der Waals surface area contributed by atoms with E-state index in [-0.39, 0.29) is 25.1 Å². The summed E-state index contributed by atoms with van der Waals surface area (Å²) in [5.74, 6) is -0.325. The second kappa shape index (κ2) is 5.14. The predicted octanol–water partition coefficient (Wildman–Crippen LogP) is 1.53. The fourth-order valence-electron chi connectivity index (χ4n) is 1.90.